The molecule has 4 aromatic carbocycles. The predicted molar refractivity (Wildman–Crippen MR) is 133 cm³/mol. The normalized spacial score (nSPS) is 13.5. The molecule has 1 amide bonds. The van der Waals surface area contributed by atoms with Crippen LogP contribution in [0.3, 0.4) is 0 Å². The number of carbonyl (C=O) groups excluding carboxylic acids is 1. The summed E-state index contributed by atoms with van der Waals surface area (Å²) in [6.45, 7) is 0.466. The van der Waals surface area contributed by atoms with Crippen molar-refractivity contribution in [2.24, 2.45) is 0 Å². The maximum absolute atomic E-state index is 12.9. The largest absolute Gasteiger partial charge is 0.489 e. The van der Waals surface area contributed by atoms with Gasteiger partial charge in [0.25, 0.3) is 15.9 Å². The van der Waals surface area contributed by atoms with E-state index in [1.807, 2.05) is 42.5 Å². The topological polar surface area (TPSA) is 75.7 Å². The highest BCUT2D eigenvalue weighted by molar-refractivity contribution is 7.93. The van der Waals surface area contributed by atoms with Gasteiger partial charge in [0.15, 0.2) is 0 Å². The molecule has 1 aliphatic rings. The number of rotatable bonds is 5. The summed E-state index contributed by atoms with van der Waals surface area (Å²) in [5.74, 6) is 0.422. The number of sulfonamides is 1. The minimum Gasteiger partial charge on any atom is -0.489 e. The molecular weight excluding hydrogens is 448 g/mol. The highest BCUT2D eigenvalue weighted by Gasteiger charge is 2.32. The molecule has 0 fully saturated rings. The number of hydrogen-bond acceptors (Lipinski definition) is 4. The van der Waals surface area contributed by atoms with Gasteiger partial charge in [0, 0.05) is 29.4 Å². The molecular formula is C27H22N2O4S. The van der Waals surface area contributed by atoms with Gasteiger partial charge in [0.1, 0.15) is 12.4 Å². The number of amides is 1. The maximum Gasteiger partial charge on any atom is 0.264 e. The number of benzene rings is 4. The molecule has 1 N–H and O–H groups in total. The van der Waals surface area contributed by atoms with Crippen molar-refractivity contribution < 1.29 is 17.9 Å². The molecule has 170 valence electrons. The SMILES string of the molecule is CN1c2ccc(C(=O)Nc3ccc(OCc4ccccc4)cc3)cc2-c2ccccc2S1(=O)=O. The fourth-order valence-corrected chi connectivity index (χ4v) is 5.36. The Morgan fingerprint density at radius 1 is 0.853 bits per heavy atom. The molecule has 0 aromatic heterocycles. The van der Waals surface area contributed by atoms with E-state index in [1.165, 1.54) is 11.4 Å². The maximum atomic E-state index is 12.9. The smallest absolute Gasteiger partial charge is 0.264 e. The Morgan fingerprint density at radius 2 is 1.56 bits per heavy atom. The first kappa shape index (κ1) is 21.7. The molecule has 0 bridgehead atoms. The van der Waals surface area contributed by atoms with Crippen molar-refractivity contribution in [2.75, 3.05) is 16.7 Å². The Balaban J connectivity index is 1.34. The Morgan fingerprint density at radius 3 is 2.32 bits per heavy atom. The van der Waals surface area contributed by atoms with Gasteiger partial charge in [-0.15, -0.1) is 0 Å². The third kappa shape index (κ3) is 4.02. The minimum absolute atomic E-state index is 0.230. The summed E-state index contributed by atoms with van der Waals surface area (Å²) in [5.41, 5.74) is 3.97. The number of anilines is 2. The Kier molecular flexibility index (Phi) is 5.55. The van der Waals surface area contributed by atoms with E-state index in [2.05, 4.69) is 5.32 Å². The molecule has 34 heavy (non-hydrogen) atoms. The summed E-state index contributed by atoms with van der Waals surface area (Å²) in [6, 6.07) is 28.9. The van der Waals surface area contributed by atoms with E-state index < -0.39 is 10.0 Å². The Hall–Kier alpha value is -4.10. The molecule has 1 aliphatic heterocycles. The van der Waals surface area contributed by atoms with E-state index in [0.29, 0.717) is 40.4 Å². The molecule has 0 spiro atoms. The van der Waals surface area contributed by atoms with Gasteiger partial charge < -0.3 is 10.1 Å². The van der Waals surface area contributed by atoms with Crippen molar-refractivity contribution in [3.8, 4) is 16.9 Å². The number of carbonyl (C=O) groups is 1. The lowest BCUT2D eigenvalue weighted by Crippen LogP contribution is -2.30. The van der Waals surface area contributed by atoms with Crippen LogP contribution in [0.25, 0.3) is 11.1 Å². The highest BCUT2D eigenvalue weighted by Crippen LogP contribution is 2.42. The van der Waals surface area contributed by atoms with Gasteiger partial charge >= 0.3 is 0 Å². The molecule has 0 atom stereocenters. The number of nitrogens with one attached hydrogen (secondary N) is 1. The van der Waals surface area contributed by atoms with E-state index in [9.17, 15) is 13.2 Å². The van der Waals surface area contributed by atoms with Gasteiger partial charge in [0.05, 0.1) is 10.6 Å². The quantitative estimate of drug-likeness (QED) is 0.428. The summed E-state index contributed by atoms with van der Waals surface area (Å²) in [7, 11) is -2.10. The summed E-state index contributed by atoms with van der Waals surface area (Å²) in [4.78, 5) is 13.2. The molecule has 0 aliphatic carbocycles. The Bertz CT molecular complexity index is 1470. The zero-order valence-corrected chi connectivity index (χ0v) is 19.2. The van der Waals surface area contributed by atoms with Crippen LogP contribution in [0.4, 0.5) is 11.4 Å². The summed E-state index contributed by atoms with van der Waals surface area (Å²) in [6.07, 6.45) is 0. The fourth-order valence-electron chi connectivity index (χ4n) is 3.94. The molecule has 6 nitrogen and oxygen atoms in total. The summed E-state index contributed by atoms with van der Waals surface area (Å²) >= 11 is 0. The van der Waals surface area contributed by atoms with Gasteiger partial charge in [-0.3, -0.25) is 9.10 Å². The van der Waals surface area contributed by atoms with Crippen molar-refractivity contribution in [2.45, 2.75) is 11.5 Å². The van der Waals surface area contributed by atoms with Gasteiger partial charge in [-0.2, -0.15) is 0 Å². The summed E-state index contributed by atoms with van der Waals surface area (Å²) in [5, 5.41) is 2.89. The molecule has 0 radical (unpaired) electrons. The van der Waals surface area contributed by atoms with Crippen LogP contribution in [0, 0.1) is 0 Å². The third-order valence-electron chi connectivity index (χ3n) is 5.77. The van der Waals surface area contributed by atoms with E-state index >= 15 is 0 Å². The average Bonchev–Trinajstić information content (AvgIpc) is 2.87. The van der Waals surface area contributed by atoms with Crippen LogP contribution in [-0.2, 0) is 16.6 Å². The molecule has 0 saturated carbocycles. The van der Waals surface area contributed by atoms with Crippen LogP contribution in [-0.4, -0.2) is 21.4 Å². The molecule has 0 saturated heterocycles. The zero-order valence-electron chi connectivity index (χ0n) is 18.4. The molecule has 0 unspecified atom stereocenters. The van der Waals surface area contributed by atoms with Crippen LogP contribution >= 0.6 is 0 Å². The molecule has 5 rings (SSSR count). The minimum atomic E-state index is -3.62. The van der Waals surface area contributed by atoms with Crippen LogP contribution in [0.15, 0.2) is 102 Å². The monoisotopic (exact) mass is 470 g/mol. The highest BCUT2D eigenvalue weighted by atomic mass is 32.2. The van der Waals surface area contributed by atoms with Crippen LogP contribution in [0.1, 0.15) is 15.9 Å². The zero-order chi connectivity index (χ0) is 23.7. The van der Waals surface area contributed by atoms with Crippen LogP contribution < -0.4 is 14.4 Å². The van der Waals surface area contributed by atoms with E-state index in [0.717, 1.165) is 5.56 Å². The Labute approximate surface area is 198 Å². The van der Waals surface area contributed by atoms with Crippen LogP contribution in [0.5, 0.6) is 5.75 Å². The molecule has 1 heterocycles. The summed E-state index contributed by atoms with van der Waals surface area (Å²) < 4.78 is 32.7. The van der Waals surface area contributed by atoms with Crippen molar-refractivity contribution in [3.05, 3.63) is 108 Å². The standard InChI is InChI=1S/C27H22N2O4S/c1-29-25-16-11-20(17-24(25)23-9-5-6-10-26(23)34(29,31)32)27(30)28-21-12-14-22(15-13-21)33-18-19-7-3-2-4-8-19/h2-17H,18H2,1H3,(H,28,30). The lowest BCUT2D eigenvalue weighted by atomic mass is 10.00. The van der Waals surface area contributed by atoms with Crippen molar-refractivity contribution in [1.82, 2.24) is 0 Å². The predicted octanol–water partition coefficient (Wildman–Crippen LogP) is 5.32. The second-order valence-electron chi connectivity index (χ2n) is 7.95. The van der Waals surface area contributed by atoms with Gasteiger partial charge in [0.2, 0.25) is 0 Å². The lowest BCUT2D eigenvalue weighted by molar-refractivity contribution is 0.102. The second kappa shape index (κ2) is 8.68. The van der Waals surface area contributed by atoms with Crippen molar-refractivity contribution in [3.63, 3.8) is 0 Å². The lowest BCUT2D eigenvalue weighted by Gasteiger charge is -2.29. The average molecular weight is 471 g/mol. The second-order valence-corrected chi connectivity index (χ2v) is 9.89. The first-order valence-corrected chi connectivity index (χ1v) is 12.2. The van der Waals surface area contributed by atoms with Gasteiger partial charge in [-0.05, 0) is 54.1 Å². The van der Waals surface area contributed by atoms with E-state index in [4.69, 9.17) is 4.74 Å². The fraction of sp³-hybridized carbons (Fsp3) is 0.0741. The third-order valence-corrected chi connectivity index (χ3v) is 7.60. The molecule has 4 aromatic rings. The number of fused-ring (bicyclic) bond motifs is 3. The first-order chi connectivity index (χ1) is 16.4. The van der Waals surface area contributed by atoms with E-state index in [-0.39, 0.29) is 10.8 Å². The molecule has 7 heteroatoms. The van der Waals surface area contributed by atoms with E-state index in [1.54, 1.807) is 54.6 Å². The van der Waals surface area contributed by atoms with Gasteiger partial charge in [-0.25, -0.2) is 8.42 Å². The first-order valence-electron chi connectivity index (χ1n) is 10.7. The van der Waals surface area contributed by atoms with Crippen LogP contribution in [0.2, 0.25) is 0 Å². The van der Waals surface area contributed by atoms with Crippen molar-refractivity contribution in [1.29, 1.82) is 0 Å². The van der Waals surface area contributed by atoms with Crippen molar-refractivity contribution >= 4 is 27.3 Å². The van der Waals surface area contributed by atoms with Gasteiger partial charge in [-0.1, -0.05) is 48.5 Å². The number of ether oxygens (including phenoxy) is 1. The number of nitrogens with zero attached hydrogens (tertiary/aromatic N) is 1. The number of hydrogen-bond donors (Lipinski definition) is 1.